The quantitative estimate of drug-likeness (QED) is 0.671. The molecule has 1 heterocycles. The first-order chi connectivity index (χ1) is 13.5. The first-order valence-electron chi connectivity index (χ1n) is 8.17. The molecule has 0 aliphatic heterocycles. The van der Waals surface area contributed by atoms with Crippen molar-refractivity contribution in [3.8, 4) is 22.9 Å². The minimum absolute atomic E-state index is 0.00301. The van der Waals surface area contributed by atoms with Gasteiger partial charge in [-0.05, 0) is 30.7 Å². The molecule has 0 saturated carbocycles. The van der Waals surface area contributed by atoms with Crippen LogP contribution in [0.25, 0.3) is 5.69 Å². The number of aromatic hydroxyl groups is 1. The number of benzene rings is 2. The van der Waals surface area contributed by atoms with Gasteiger partial charge in [0, 0.05) is 19.2 Å². The van der Waals surface area contributed by atoms with Crippen molar-refractivity contribution in [2.45, 2.75) is 13.1 Å². The second kappa shape index (κ2) is 7.12. The van der Waals surface area contributed by atoms with E-state index in [1.807, 2.05) is 0 Å². The van der Waals surface area contributed by atoms with Crippen molar-refractivity contribution in [1.29, 1.82) is 0 Å². The molecule has 1 N–H and O–H groups in total. The highest BCUT2D eigenvalue weighted by Gasteiger charge is 2.35. The predicted octanol–water partition coefficient (Wildman–Crippen LogP) is 3.50. The van der Waals surface area contributed by atoms with Gasteiger partial charge in [0.2, 0.25) is 0 Å². The molecular formula is C19H14F4N2O4. The fourth-order valence-corrected chi connectivity index (χ4v) is 2.70. The van der Waals surface area contributed by atoms with Crippen molar-refractivity contribution in [3.63, 3.8) is 0 Å². The van der Waals surface area contributed by atoms with Crippen LogP contribution in [0.3, 0.4) is 0 Å². The second-order valence-electron chi connectivity index (χ2n) is 6.18. The van der Waals surface area contributed by atoms with Gasteiger partial charge in [-0.25, -0.2) is 13.8 Å². The van der Waals surface area contributed by atoms with Gasteiger partial charge in [-0.3, -0.25) is 9.36 Å². The summed E-state index contributed by atoms with van der Waals surface area (Å²) in [5, 5.41) is 9.82. The highest BCUT2D eigenvalue weighted by Crippen LogP contribution is 2.33. The zero-order valence-electron chi connectivity index (χ0n) is 15.1. The molecule has 29 heavy (non-hydrogen) atoms. The topological polar surface area (TPSA) is 73.5 Å². The highest BCUT2D eigenvalue weighted by molar-refractivity contribution is 5.49. The van der Waals surface area contributed by atoms with Gasteiger partial charge in [-0.15, -0.1) is 0 Å². The van der Waals surface area contributed by atoms with Crippen LogP contribution in [-0.2, 0) is 13.2 Å². The maximum Gasteiger partial charge on any atom is 0.431 e. The van der Waals surface area contributed by atoms with E-state index in [1.165, 1.54) is 19.1 Å². The Labute approximate surface area is 160 Å². The van der Waals surface area contributed by atoms with Crippen LogP contribution in [0, 0.1) is 12.7 Å². The highest BCUT2D eigenvalue weighted by atomic mass is 19.4. The molecule has 0 aliphatic carbocycles. The predicted molar refractivity (Wildman–Crippen MR) is 95.2 cm³/mol. The first-order valence-corrected chi connectivity index (χ1v) is 8.17. The lowest BCUT2D eigenvalue weighted by Crippen LogP contribution is -2.41. The van der Waals surface area contributed by atoms with Gasteiger partial charge in [0.25, 0.3) is 5.56 Å². The van der Waals surface area contributed by atoms with E-state index in [4.69, 9.17) is 4.74 Å². The van der Waals surface area contributed by atoms with Crippen LogP contribution in [0.4, 0.5) is 17.6 Å². The summed E-state index contributed by atoms with van der Waals surface area (Å²) in [5.74, 6) is -1.19. The molecule has 0 spiro atoms. The molecule has 0 amide bonds. The van der Waals surface area contributed by atoms with Gasteiger partial charge in [-0.1, -0.05) is 12.1 Å². The monoisotopic (exact) mass is 410 g/mol. The lowest BCUT2D eigenvalue weighted by Gasteiger charge is -2.16. The van der Waals surface area contributed by atoms with Gasteiger partial charge in [0.15, 0.2) is 11.5 Å². The van der Waals surface area contributed by atoms with Crippen molar-refractivity contribution in [2.75, 3.05) is 0 Å². The number of hydrogen-bond acceptors (Lipinski definition) is 4. The number of aryl methyl sites for hydroxylation is 1. The van der Waals surface area contributed by atoms with Crippen molar-refractivity contribution in [3.05, 3.63) is 80.4 Å². The minimum atomic E-state index is -4.93. The molecule has 6 nitrogen and oxygen atoms in total. The third-order valence-corrected chi connectivity index (χ3v) is 4.18. The molecule has 3 aromatic rings. The van der Waals surface area contributed by atoms with Crippen LogP contribution in [0.15, 0.2) is 52.1 Å². The maximum absolute atomic E-state index is 14.5. The summed E-state index contributed by atoms with van der Waals surface area (Å²) in [6.07, 6.45) is -4.93. The first kappa shape index (κ1) is 20.2. The van der Waals surface area contributed by atoms with Crippen molar-refractivity contribution in [1.82, 2.24) is 9.13 Å². The van der Waals surface area contributed by atoms with E-state index < -0.39 is 34.6 Å². The normalized spacial score (nSPS) is 11.5. The summed E-state index contributed by atoms with van der Waals surface area (Å²) in [6, 6.07) is 8.10. The number of aromatic nitrogens is 2. The average molecular weight is 410 g/mol. The van der Waals surface area contributed by atoms with Gasteiger partial charge in [-0.2, -0.15) is 13.2 Å². The minimum Gasteiger partial charge on any atom is -0.504 e. The largest absolute Gasteiger partial charge is 0.504 e. The molecule has 0 fully saturated rings. The number of halogens is 4. The van der Waals surface area contributed by atoms with Crippen LogP contribution in [0.5, 0.6) is 17.2 Å². The van der Waals surface area contributed by atoms with E-state index >= 15 is 0 Å². The Kier molecular flexibility index (Phi) is 4.95. The van der Waals surface area contributed by atoms with Crippen LogP contribution >= 0.6 is 0 Å². The van der Waals surface area contributed by atoms with Gasteiger partial charge < -0.3 is 9.84 Å². The Morgan fingerprint density at radius 2 is 1.69 bits per heavy atom. The molecule has 0 aliphatic rings. The Hall–Kier alpha value is -3.56. The van der Waals surface area contributed by atoms with E-state index in [-0.39, 0.29) is 38.0 Å². The smallest absolute Gasteiger partial charge is 0.431 e. The fourth-order valence-electron chi connectivity index (χ4n) is 2.70. The standard InChI is InChI=1S/C19H14F4N2O4/c1-10-7-11(20)12(8-15(10)29-14-6-4-3-5-13(14)26)25-17(27)9-16(19(21,22)23)24(2)18(25)28/h3-9,26H,1-2H3. The number of hydrogen-bond donors (Lipinski definition) is 1. The van der Waals surface area contributed by atoms with Crippen molar-refractivity contribution < 1.29 is 27.4 Å². The van der Waals surface area contributed by atoms with Gasteiger partial charge >= 0.3 is 11.9 Å². The number of alkyl halides is 3. The molecular weight excluding hydrogens is 396 g/mol. The lowest BCUT2D eigenvalue weighted by atomic mass is 10.2. The summed E-state index contributed by atoms with van der Waals surface area (Å²) in [5.41, 5.74) is -4.49. The molecule has 0 bridgehead atoms. The zero-order valence-corrected chi connectivity index (χ0v) is 15.1. The Bertz CT molecular complexity index is 1210. The second-order valence-corrected chi connectivity index (χ2v) is 6.18. The van der Waals surface area contributed by atoms with Crippen LogP contribution in [0.2, 0.25) is 0 Å². The Balaban J connectivity index is 2.20. The number of phenolic OH excluding ortho intramolecular Hbond substituents is 1. The number of phenols is 1. The van der Waals surface area contributed by atoms with Crippen LogP contribution < -0.4 is 16.0 Å². The van der Waals surface area contributed by atoms with Crippen LogP contribution in [0.1, 0.15) is 11.3 Å². The molecule has 0 saturated heterocycles. The molecule has 0 unspecified atom stereocenters. The molecule has 10 heteroatoms. The molecule has 1 aromatic heterocycles. The molecule has 0 radical (unpaired) electrons. The number of para-hydroxylation sites is 2. The average Bonchev–Trinajstić information content (AvgIpc) is 2.62. The summed E-state index contributed by atoms with van der Waals surface area (Å²) in [6.45, 7) is 1.48. The zero-order chi connectivity index (χ0) is 21.5. The van der Waals surface area contributed by atoms with Gasteiger partial charge in [0.1, 0.15) is 17.3 Å². The Morgan fingerprint density at radius 1 is 1.03 bits per heavy atom. The van der Waals surface area contributed by atoms with E-state index in [9.17, 15) is 32.3 Å². The van der Waals surface area contributed by atoms with Gasteiger partial charge in [0.05, 0.1) is 5.69 Å². The summed E-state index contributed by atoms with van der Waals surface area (Å²) in [7, 11) is 0.826. The SMILES string of the molecule is Cc1cc(F)c(-n2c(=O)cc(C(F)(F)F)n(C)c2=O)cc1Oc1ccccc1O. The molecule has 152 valence electrons. The summed E-state index contributed by atoms with van der Waals surface area (Å²) < 4.78 is 59.5. The maximum atomic E-state index is 14.5. The van der Waals surface area contributed by atoms with Crippen molar-refractivity contribution in [2.24, 2.45) is 7.05 Å². The fraction of sp³-hybridized carbons (Fsp3) is 0.158. The number of ether oxygens (including phenoxy) is 1. The van der Waals surface area contributed by atoms with E-state index in [2.05, 4.69) is 0 Å². The van der Waals surface area contributed by atoms with E-state index in [1.54, 1.807) is 12.1 Å². The van der Waals surface area contributed by atoms with Crippen molar-refractivity contribution >= 4 is 0 Å². The number of rotatable bonds is 3. The Morgan fingerprint density at radius 3 is 2.31 bits per heavy atom. The molecule has 3 rings (SSSR count). The third-order valence-electron chi connectivity index (χ3n) is 4.18. The van der Waals surface area contributed by atoms with E-state index in [0.29, 0.717) is 0 Å². The summed E-state index contributed by atoms with van der Waals surface area (Å²) >= 11 is 0. The molecule has 2 aromatic carbocycles. The number of nitrogens with zero attached hydrogens (tertiary/aromatic N) is 2. The molecule has 0 atom stereocenters. The summed E-state index contributed by atoms with van der Waals surface area (Å²) in [4.78, 5) is 24.6. The third kappa shape index (κ3) is 3.73. The lowest BCUT2D eigenvalue weighted by molar-refractivity contribution is -0.144. The van der Waals surface area contributed by atoms with Crippen LogP contribution in [-0.4, -0.2) is 14.2 Å². The van der Waals surface area contributed by atoms with E-state index in [0.717, 1.165) is 19.2 Å².